The van der Waals surface area contributed by atoms with Gasteiger partial charge in [0.2, 0.25) is 15.8 Å². The molecule has 1 aliphatic rings. The molecule has 2 aromatic heterocycles. The fourth-order valence-electron chi connectivity index (χ4n) is 3.00. The summed E-state index contributed by atoms with van der Waals surface area (Å²) in [6.45, 7) is 1.59. The molecule has 138 valence electrons. The maximum Gasteiger partial charge on any atom is 0.238 e. The van der Waals surface area contributed by atoms with E-state index < -0.39 is 10.0 Å². The highest BCUT2D eigenvalue weighted by atomic mass is 32.2. The standard InChI is InChI=1S/C19H17N3O3S2/c1-2-27(24,25)22-11-15(14-7-3-4-8-17(14)22)18(23)16-12-26-19(21-16)13-6-5-9-20-10-13/h3-12,19,21H,2H2,1H3. The molecule has 3 heterocycles. The molecule has 1 N–H and O–H groups in total. The first kappa shape index (κ1) is 17.8. The number of hydrogen-bond acceptors (Lipinski definition) is 6. The second kappa shape index (κ2) is 6.86. The summed E-state index contributed by atoms with van der Waals surface area (Å²) in [5, 5.41) is 5.52. The van der Waals surface area contributed by atoms with E-state index in [9.17, 15) is 13.2 Å². The minimum absolute atomic E-state index is 0.0425. The van der Waals surface area contributed by atoms with E-state index in [1.54, 1.807) is 49.0 Å². The fraction of sp³-hybridized carbons (Fsp3) is 0.158. The molecule has 3 aromatic rings. The van der Waals surface area contributed by atoms with E-state index in [1.165, 1.54) is 21.9 Å². The van der Waals surface area contributed by atoms with Crippen molar-refractivity contribution in [2.45, 2.75) is 12.3 Å². The second-order valence-corrected chi connectivity index (χ2v) is 9.18. The summed E-state index contributed by atoms with van der Waals surface area (Å²) < 4.78 is 26.0. The van der Waals surface area contributed by atoms with Crippen molar-refractivity contribution in [2.24, 2.45) is 0 Å². The monoisotopic (exact) mass is 399 g/mol. The van der Waals surface area contributed by atoms with Gasteiger partial charge in [-0.1, -0.05) is 24.3 Å². The van der Waals surface area contributed by atoms with Gasteiger partial charge < -0.3 is 5.32 Å². The van der Waals surface area contributed by atoms with Gasteiger partial charge in [0.15, 0.2) is 0 Å². The molecule has 1 aliphatic heterocycles. The topological polar surface area (TPSA) is 81.1 Å². The summed E-state index contributed by atoms with van der Waals surface area (Å²) in [5.41, 5.74) is 2.30. The first-order chi connectivity index (χ1) is 13.0. The van der Waals surface area contributed by atoms with Gasteiger partial charge in [0.25, 0.3) is 0 Å². The predicted octanol–water partition coefficient (Wildman–Crippen LogP) is 3.29. The molecule has 0 saturated carbocycles. The number of para-hydroxylation sites is 1. The zero-order chi connectivity index (χ0) is 19.0. The third-order valence-electron chi connectivity index (χ3n) is 4.43. The molecule has 4 rings (SSSR count). The summed E-state index contributed by atoms with van der Waals surface area (Å²) in [7, 11) is -3.50. The second-order valence-electron chi connectivity index (χ2n) is 6.06. The molecule has 1 atom stereocenters. The van der Waals surface area contributed by atoms with Crippen LogP contribution in [-0.2, 0) is 10.0 Å². The quantitative estimate of drug-likeness (QED) is 0.663. The number of aromatic nitrogens is 2. The molecule has 1 unspecified atom stereocenters. The minimum Gasteiger partial charge on any atom is -0.366 e. The predicted molar refractivity (Wildman–Crippen MR) is 107 cm³/mol. The van der Waals surface area contributed by atoms with Gasteiger partial charge in [-0.3, -0.25) is 9.78 Å². The summed E-state index contributed by atoms with van der Waals surface area (Å²) in [5.74, 6) is -0.269. The third-order valence-corrected chi connectivity index (χ3v) is 7.09. The van der Waals surface area contributed by atoms with Gasteiger partial charge in [0.05, 0.1) is 22.5 Å². The Morgan fingerprint density at radius 2 is 2.07 bits per heavy atom. The van der Waals surface area contributed by atoms with E-state index in [2.05, 4.69) is 10.3 Å². The maximum absolute atomic E-state index is 13.1. The SMILES string of the molecule is CCS(=O)(=O)n1cc(C(=O)C2=CSC(c3cccnc3)N2)c2ccccc21. The first-order valence-corrected chi connectivity index (χ1v) is 11.0. The number of nitrogens with zero attached hydrogens (tertiary/aromatic N) is 2. The molecule has 0 radical (unpaired) electrons. The van der Waals surface area contributed by atoms with Crippen molar-refractivity contribution in [3.05, 3.63) is 77.2 Å². The van der Waals surface area contributed by atoms with Crippen molar-refractivity contribution < 1.29 is 13.2 Å². The van der Waals surface area contributed by atoms with Crippen molar-refractivity contribution in [2.75, 3.05) is 5.75 Å². The summed E-state index contributed by atoms with van der Waals surface area (Å²) in [6, 6.07) is 10.8. The van der Waals surface area contributed by atoms with E-state index in [1.807, 2.05) is 12.1 Å². The third kappa shape index (κ3) is 3.15. The molecule has 0 saturated heterocycles. The number of carbonyl (C=O) groups is 1. The minimum atomic E-state index is -3.50. The number of Topliss-reactive ketones (excluding diaryl/α,β-unsaturated/α-hetero) is 1. The number of benzene rings is 1. The Kier molecular flexibility index (Phi) is 4.53. The van der Waals surface area contributed by atoms with Crippen LogP contribution in [0.2, 0.25) is 0 Å². The van der Waals surface area contributed by atoms with Gasteiger partial charge in [-0.15, -0.1) is 11.8 Å². The average Bonchev–Trinajstić information content (AvgIpc) is 3.34. The van der Waals surface area contributed by atoms with E-state index >= 15 is 0 Å². The molecule has 0 fully saturated rings. The van der Waals surface area contributed by atoms with Crippen LogP contribution in [0.3, 0.4) is 0 Å². The number of nitrogens with one attached hydrogen (secondary N) is 1. The lowest BCUT2D eigenvalue weighted by molar-refractivity contribution is 0.102. The lowest BCUT2D eigenvalue weighted by Gasteiger charge is -2.12. The van der Waals surface area contributed by atoms with Gasteiger partial charge >= 0.3 is 0 Å². The average molecular weight is 399 g/mol. The molecular weight excluding hydrogens is 382 g/mol. The number of allylic oxidation sites excluding steroid dienone is 1. The Bertz CT molecular complexity index is 1150. The Morgan fingerprint density at radius 3 is 2.81 bits per heavy atom. The van der Waals surface area contributed by atoms with Crippen LogP contribution in [0.5, 0.6) is 0 Å². The van der Waals surface area contributed by atoms with Crippen LogP contribution < -0.4 is 5.32 Å². The number of rotatable bonds is 5. The Hall–Kier alpha value is -2.58. The number of fused-ring (bicyclic) bond motifs is 1. The largest absolute Gasteiger partial charge is 0.366 e. The van der Waals surface area contributed by atoms with Crippen molar-refractivity contribution in [1.29, 1.82) is 0 Å². The van der Waals surface area contributed by atoms with Gasteiger partial charge in [0.1, 0.15) is 5.37 Å². The summed E-state index contributed by atoms with van der Waals surface area (Å²) >= 11 is 1.49. The normalized spacial score (nSPS) is 16.9. The number of hydrogen-bond donors (Lipinski definition) is 1. The van der Waals surface area contributed by atoms with E-state index in [0.29, 0.717) is 22.2 Å². The lowest BCUT2D eigenvalue weighted by Crippen LogP contribution is -2.19. The molecule has 0 aliphatic carbocycles. The molecule has 1 aromatic carbocycles. The van der Waals surface area contributed by atoms with Gasteiger partial charge in [-0.05, 0) is 19.1 Å². The van der Waals surface area contributed by atoms with Gasteiger partial charge in [-0.2, -0.15) is 0 Å². The van der Waals surface area contributed by atoms with Gasteiger partial charge in [0, 0.05) is 34.9 Å². The maximum atomic E-state index is 13.1. The van der Waals surface area contributed by atoms with Crippen LogP contribution in [0.15, 0.2) is 66.1 Å². The van der Waals surface area contributed by atoms with Crippen LogP contribution in [0.4, 0.5) is 0 Å². The van der Waals surface area contributed by atoms with Crippen molar-refractivity contribution in [3.8, 4) is 0 Å². The molecule has 8 heteroatoms. The zero-order valence-electron chi connectivity index (χ0n) is 14.5. The van der Waals surface area contributed by atoms with Crippen molar-refractivity contribution >= 4 is 38.5 Å². The Morgan fingerprint density at radius 1 is 1.26 bits per heavy atom. The van der Waals surface area contributed by atoms with E-state index in [-0.39, 0.29) is 16.9 Å². The molecule has 6 nitrogen and oxygen atoms in total. The Labute approximate surface area is 161 Å². The zero-order valence-corrected chi connectivity index (χ0v) is 16.1. The van der Waals surface area contributed by atoms with Crippen LogP contribution in [0.25, 0.3) is 10.9 Å². The molecular formula is C19H17N3O3S2. The molecule has 27 heavy (non-hydrogen) atoms. The van der Waals surface area contributed by atoms with Crippen LogP contribution in [0.1, 0.15) is 28.2 Å². The van der Waals surface area contributed by atoms with E-state index in [0.717, 1.165) is 5.56 Å². The first-order valence-electron chi connectivity index (χ1n) is 8.41. The number of ketones is 1. The van der Waals surface area contributed by atoms with Crippen molar-refractivity contribution in [3.63, 3.8) is 0 Å². The van der Waals surface area contributed by atoms with Crippen LogP contribution in [0, 0.1) is 0 Å². The molecule has 0 amide bonds. The van der Waals surface area contributed by atoms with Crippen LogP contribution >= 0.6 is 11.8 Å². The smallest absolute Gasteiger partial charge is 0.238 e. The number of carbonyl (C=O) groups excluding carboxylic acids is 1. The fourth-order valence-corrected chi connectivity index (χ4v) is 4.94. The Balaban J connectivity index is 1.70. The van der Waals surface area contributed by atoms with E-state index in [4.69, 9.17) is 0 Å². The lowest BCUT2D eigenvalue weighted by atomic mass is 10.1. The van der Waals surface area contributed by atoms with Crippen molar-refractivity contribution in [1.82, 2.24) is 14.3 Å². The van der Waals surface area contributed by atoms with Crippen LogP contribution in [-0.4, -0.2) is 28.9 Å². The summed E-state index contributed by atoms with van der Waals surface area (Å²) in [6.07, 6.45) is 4.88. The number of thioether (sulfide) groups is 1. The highest BCUT2D eigenvalue weighted by Gasteiger charge is 2.27. The highest BCUT2D eigenvalue weighted by molar-refractivity contribution is 8.02. The highest BCUT2D eigenvalue weighted by Crippen LogP contribution is 2.35. The summed E-state index contributed by atoms with van der Waals surface area (Å²) in [4.78, 5) is 17.2. The molecule has 0 bridgehead atoms. The van der Waals surface area contributed by atoms with Gasteiger partial charge in [-0.25, -0.2) is 12.4 Å². The number of pyridine rings is 1. The molecule has 0 spiro atoms.